The van der Waals surface area contributed by atoms with Gasteiger partial charge < -0.3 is 9.72 Å². The molecule has 3 N–H and O–H groups in total. The fraction of sp³-hybridized carbons (Fsp3) is 0.222. The first-order valence-corrected chi connectivity index (χ1v) is 9.57. The van der Waals surface area contributed by atoms with E-state index in [0.717, 1.165) is 22.5 Å². The molecule has 0 aliphatic heterocycles. The number of rotatable bonds is 5. The van der Waals surface area contributed by atoms with E-state index in [0.29, 0.717) is 6.42 Å². The third-order valence-electron chi connectivity index (χ3n) is 4.27. The Morgan fingerprint density at radius 1 is 1.15 bits per heavy atom. The van der Waals surface area contributed by atoms with E-state index >= 15 is 0 Å². The molecule has 0 saturated heterocycles. The number of nitrogens with one attached hydrogen (secondary N) is 1. The highest BCUT2D eigenvalue weighted by Crippen LogP contribution is 2.38. The van der Waals surface area contributed by atoms with Crippen LogP contribution in [-0.4, -0.2) is 19.8 Å². The summed E-state index contributed by atoms with van der Waals surface area (Å²) in [7, 11) is -4.39. The van der Waals surface area contributed by atoms with Crippen molar-refractivity contribution in [3.63, 3.8) is 0 Å². The van der Waals surface area contributed by atoms with Crippen molar-refractivity contribution in [1.82, 2.24) is 4.98 Å². The number of nitrogens with two attached hydrogens (primary N) is 1. The predicted octanol–water partition coefficient (Wildman–Crippen LogP) is 4.06. The second-order valence-electron chi connectivity index (χ2n) is 6.23. The van der Waals surface area contributed by atoms with Crippen LogP contribution in [0, 0.1) is 0 Å². The Kier molecular flexibility index (Phi) is 4.92. The molecule has 0 spiro atoms. The van der Waals surface area contributed by atoms with Gasteiger partial charge >= 0.3 is 6.36 Å². The Morgan fingerprint density at radius 2 is 1.85 bits per heavy atom. The number of hydrogen-bond donors (Lipinski definition) is 2. The minimum absolute atomic E-state index is 0.115. The lowest BCUT2D eigenvalue weighted by molar-refractivity contribution is -0.275. The fourth-order valence-corrected chi connectivity index (χ4v) is 3.80. The van der Waals surface area contributed by atoms with Crippen LogP contribution < -0.4 is 9.88 Å². The van der Waals surface area contributed by atoms with Gasteiger partial charge in [-0.3, -0.25) is 0 Å². The smallest absolute Gasteiger partial charge is 0.404 e. The van der Waals surface area contributed by atoms with Crippen LogP contribution in [0.4, 0.5) is 13.2 Å². The highest BCUT2D eigenvalue weighted by Gasteiger charge is 2.35. The lowest BCUT2D eigenvalue weighted by Gasteiger charge is -2.20. The number of sulfonamides is 1. The van der Waals surface area contributed by atoms with E-state index < -0.39 is 32.9 Å². The Balaban J connectivity index is 2.04. The Bertz CT molecular complexity index is 1070. The number of hydrogen-bond acceptors (Lipinski definition) is 3. The number of aromatic nitrogens is 1. The van der Waals surface area contributed by atoms with Crippen molar-refractivity contribution in [3.05, 3.63) is 59.8 Å². The van der Waals surface area contributed by atoms with Gasteiger partial charge in [0.2, 0.25) is 10.0 Å². The normalized spacial score (nSPS) is 13.7. The van der Waals surface area contributed by atoms with Gasteiger partial charge in [0.1, 0.15) is 4.90 Å². The van der Waals surface area contributed by atoms with E-state index in [2.05, 4.69) is 9.72 Å². The molecule has 0 amide bonds. The van der Waals surface area contributed by atoms with Crippen molar-refractivity contribution in [2.45, 2.75) is 30.5 Å². The van der Waals surface area contributed by atoms with Crippen LogP contribution in [-0.2, 0) is 16.4 Å². The molecule has 1 atom stereocenters. The lowest BCUT2D eigenvalue weighted by Crippen LogP contribution is -2.22. The molecule has 9 heteroatoms. The minimum Gasteiger partial charge on any atom is -0.404 e. The number of para-hydroxylation sites is 2. The van der Waals surface area contributed by atoms with Gasteiger partial charge in [0.15, 0.2) is 5.75 Å². The van der Waals surface area contributed by atoms with Gasteiger partial charge in [-0.2, -0.15) is 0 Å². The fourth-order valence-electron chi connectivity index (χ4n) is 3.11. The summed E-state index contributed by atoms with van der Waals surface area (Å²) < 4.78 is 66.1. The number of aromatic amines is 1. The number of benzene rings is 2. The Labute approximate surface area is 154 Å². The minimum atomic E-state index is -5.05. The monoisotopic (exact) mass is 398 g/mol. The summed E-state index contributed by atoms with van der Waals surface area (Å²) in [5.41, 5.74) is 1.92. The average molecular weight is 398 g/mol. The standard InChI is InChI=1S/C18H17F3N2O3S/c1-11(9-12-10-23-15-7-3-2-5-14(12)15)13-6-4-8-16(27(22,24)25)17(13)26-18(19,20)21/h2-8,10-11,23H,9H2,1H3,(H2,22,24,25). The summed E-state index contributed by atoms with van der Waals surface area (Å²) in [6.07, 6.45) is -2.88. The number of H-pyrrole nitrogens is 1. The van der Waals surface area contributed by atoms with Gasteiger partial charge in [-0.25, -0.2) is 13.6 Å². The summed E-state index contributed by atoms with van der Waals surface area (Å²) in [6.45, 7) is 1.70. The lowest BCUT2D eigenvalue weighted by atomic mass is 9.93. The van der Waals surface area contributed by atoms with E-state index in [1.165, 1.54) is 12.1 Å². The van der Waals surface area contributed by atoms with Crippen molar-refractivity contribution in [2.24, 2.45) is 5.14 Å². The maximum absolute atomic E-state index is 12.9. The first-order chi connectivity index (χ1) is 12.6. The van der Waals surface area contributed by atoms with E-state index in [9.17, 15) is 21.6 Å². The maximum Gasteiger partial charge on any atom is 0.573 e. The maximum atomic E-state index is 12.9. The molecule has 3 rings (SSSR count). The summed E-state index contributed by atoms with van der Waals surface area (Å²) in [5.74, 6) is -1.23. The molecule has 1 unspecified atom stereocenters. The van der Waals surface area contributed by atoms with Crippen molar-refractivity contribution in [3.8, 4) is 5.75 Å². The molecular weight excluding hydrogens is 381 g/mol. The van der Waals surface area contributed by atoms with Crippen LogP contribution in [0.5, 0.6) is 5.75 Å². The highest BCUT2D eigenvalue weighted by molar-refractivity contribution is 7.89. The van der Waals surface area contributed by atoms with Crippen molar-refractivity contribution in [2.75, 3.05) is 0 Å². The molecule has 27 heavy (non-hydrogen) atoms. The van der Waals surface area contributed by atoms with Crippen molar-refractivity contribution < 1.29 is 26.3 Å². The molecule has 0 bridgehead atoms. The quantitative estimate of drug-likeness (QED) is 0.680. The molecule has 3 aromatic rings. The van der Waals surface area contributed by atoms with E-state index in [1.807, 2.05) is 24.3 Å². The average Bonchev–Trinajstić information content (AvgIpc) is 2.95. The molecule has 2 aromatic carbocycles. The summed E-state index contributed by atoms with van der Waals surface area (Å²) >= 11 is 0. The molecule has 5 nitrogen and oxygen atoms in total. The zero-order chi connectivity index (χ0) is 19.8. The van der Waals surface area contributed by atoms with Crippen LogP contribution in [0.2, 0.25) is 0 Å². The van der Waals surface area contributed by atoms with Gasteiger partial charge in [-0.1, -0.05) is 37.3 Å². The SMILES string of the molecule is CC(Cc1c[nH]c2ccccc12)c1cccc(S(N)(=O)=O)c1OC(F)(F)F. The van der Waals surface area contributed by atoms with Gasteiger partial charge in [-0.05, 0) is 35.6 Å². The number of ether oxygens (including phenoxy) is 1. The van der Waals surface area contributed by atoms with Crippen LogP contribution in [0.15, 0.2) is 53.6 Å². The number of primary sulfonamides is 1. The summed E-state index contributed by atoms with van der Waals surface area (Å²) in [4.78, 5) is 2.41. The number of halogens is 3. The zero-order valence-corrected chi connectivity index (χ0v) is 15.1. The second kappa shape index (κ2) is 6.90. The largest absolute Gasteiger partial charge is 0.573 e. The molecular formula is C18H17F3N2O3S. The molecule has 1 aromatic heterocycles. The molecule has 0 aliphatic rings. The molecule has 0 aliphatic carbocycles. The second-order valence-corrected chi connectivity index (χ2v) is 7.76. The van der Waals surface area contributed by atoms with Gasteiger partial charge in [0.25, 0.3) is 0 Å². The third-order valence-corrected chi connectivity index (χ3v) is 5.20. The van der Waals surface area contributed by atoms with Gasteiger partial charge in [-0.15, -0.1) is 13.2 Å². The van der Waals surface area contributed by atoms with E-state index in [1.54, 1.807) is 13.1 Å². The van der Waals surface area contributed by atoms with E-state index in [4.69, 9.17) is 5.14 Å². The molecule has 0 saturated carbocycles. The Hall–Kier alpha value is -2.52. The molecule has 0 radical (unpaired) electrons. The third kappa shape index (κ3) is 4.25. The van der Waals surface area contributed by atoms with Gasteiger partial charge in [0.05, 0.1) is 0 Å². The van der Waals surface area contributed by atoms with Crippen LogP contribution >= 0.6 is 0 Å². The summed E-state index contributed by atoms with van der Waals surface area (Å²) in [5, 5.41) is 6.03. The topological polar surface area (TPSA) is 85.2 Å². The first-order valence-electron chi connectivity index (χ1n) is 8.02. The van der Waals surface area contributed by atoms with Gasteiger partial charge in [0, 0.05) is 17.1 Å². The summed E-state index contributed by atoms with van der Waals surface area (Å²) in [6, 6.07) is 11.3. The zero-order valence-electron chi connectivity index (χ0n) is 14.2. The number of fused-ring (bicyclic) bond motifs is 1. The van der Waals surface area contributed by atoms with Crippen LogP contribution in [0.25, 0.3) is 10.9 Å². The van der Waals surface area contributed by atoms with E-state index in [-0.39, 0.29) is 5.56 Å². The molecule has 1 heterocycles. The highest BCUT2D eigenvalue weighted by atomic mass is 32.2. The van der Waals surface area contributed by atoms with Crippen molar-refractivity contribution in [1.29, 1.82) is 0 Å². The van der Waals surface area contributed by atoms with Crippen LogP contribution in [0.3, 0.4) is 0 Å². The molecule has 144 valence electrons. The first kappa shape index (κ1) is 19.2. The Morgan fingerprint density at radius 3 is 2.52 bits per heavy atom. The van der Waals surface area contributed by atoms with Crippen molar-refractivity contribution >= 4 is 20.9 Å². The predicted molar refractivity (Wildman–Crippen MR) is 94.9 cm³/mol. The number of alkyl halides is 3. The molecule has 0 fully saturated rings. The van der Waals surface area contributed by atoms with Crippen LogP contribution in [0.1, 0.15) is 24.0 Å².